The second-order valence-corrected chi connectivity index (χ2v) is 4.51. The fraction of sp³-hybridized carbons (Fsp3) is 0.333. The third-order valence-corrected chi connectivity index (χ3v) is 3.30. The topological polar surface area (TPSA) is 58.3 Å². The van der Waals surface area contributed by atoms with Crippen LogP contribution >= 0.6 is 0 Å². The molecule has 1 atom stereocenters. The van der Waals surface area contributed by atoms with Gasteiger partial charge in [0.1, 0.15) is 18.5 Å². The summed E-state index contributed by atoms with van der Waals surface area (Å²) in [6, 6.07) is 7.33. The molecule has 0 bridgehead atoms. The van der Waals surface area contributed by atoms with Crippen LogP contribution in [0, 0.1) is 19.1 Å². The van der Waals surface area contributed by atoms with Crippen LogP contribution in [0.2, 0.25) is 0 Å². The molecule has 0 amide bonds. The third kappa shape index (κ3) is 3.05. The van der Waals surface area contributed by atoms with Gasteiger partial charge in [-0.2, -0.15) is 4.73 Å². The van der Waals surface area contributed by atoms with Gasteiger partial charge < -0.3 is 14.7 Å². The molecule has 0 spiro atoms. The first kappa shape index (κ1) is 14.3. The lowest BCUT2D eigenvalue weighted by atomic mass is 10.2. The van der Waals surface area contributed by atoms with Crippen molar-refractivity contribution in [2.24, 2.45) is 0 Å². The van der Waals surface area contributed by atoms with E-state index in [0.717, 1.165) is 16.0 Å². The van der Waals surface area contributed by atoms with Crippen LogP contribution in [0.5, 0.6) is 5.75 Å². The Morgan fingerprint density at radius 2 is 2.10 bits per heavy atom. The zero-order chi connectivity index (χ0) is 14.5. The highest BCUT2D eigenvalue weighted by atomic mass is 16.5. The molecule has 0 saturated heterocycles. The molecule has 0 fully saturated rings. The van der Waals surface area contributed by atoms with E-state index < -0.39 is 0 Å². The highest BCUT2D eigenvalue weighted by molar-refractivity contribution is 5.31. The van der Waals surface area contributed by atoms with Crippen molar-refractivity contribution < 1.29 is 14.2 Å². The normalized spacial score (nSPS) is 12.2. The molecule has 2 rings (SSSR count). The van der Waals surface area contributed by atoms with Crippen LogP contribution in [0.4, 0.5) is 0 Å². The smallest absolute Gasteiger partial charge is 0.196 e. The number of methoxy groups -OCH3 is 1. The van der Waals surface area contributed by atoms with Crippen LogP contribution in [0.1, 0.15) is 23.1 Å². The van der Waals surface area contributed by atoms with E-state index in [1.54, 1.807) is 26.3 Å². The minimum Gasteiger partial charge on any atom is -0.618 e. The quantitative estimate of drug-likeness (QED) is 0.619. The second-order valence-electron chi connectivity index (χ2n) is 4.51. The van der Waals surface area contributed by atoms with Crippen LogP contribution in [0.15, 0.2) is 36.7 Å². The van der Waals surface area contributed by atoms with Gasteiger partial charge in [-0.05, 0) is 19.1 Å². The molecular formula is C15H18N2O3. The number of ether oxygens (including phenoxy) is 2. The summed E-state index contributed by atoms with van der Waals surface area (Å²) in [5, 5.41) is 11.4. The van der Waals surface area contributed by atoms with Crippen molar-refractivity contribution in [3.63, 3.8) is 0 Å². The van der Waals surface area contributed by atoms with Crippen molar-refractivity contribution in [3.05, 3.63) is 58.8 Å². The predicted octanol–water partition coefficient (Wildman–Crippen LogP) is 2.10. The maximum absolute atomic E-state index is 11.4. The summed E-state index contributed by atoms with van der Waals surface area (Å²) in [6.45, 7) is 3.97. The summed E-state index contributed by atoms with van der Waals surface area (Å²) in [7, 11) is 1.62. The Morgan fingerprint density at radius 1 is 1.30 bits per heavy atom. The fourth-order valence-electron chi connectivity index (χ4n) is 1.88. The molecule has 2 heterocycles. The summed E-state index contributed by atoms with van der Waals surface area (Å²) in [6.07, 6.45) is 2.93. The summed E-state index contributed by atoms with van der Waals surface area (Å²) in [4.78, 5) is 4.26. The van der Waals surface area contributed by atoms with E-state index in [2.05, 4.69) is 4.98 Å². The van der Waals surface area contributed by atoms with Gasteiger partial charge in [0.15, 0.2) is 11.9 Å². The van der Waals surface area contributed by atoms with E-state index in [1.165, 1.54) is 6.20 Å². The Balaban J connectivity index is 2.10. The number of aromatic nitrogens is 2. The molecule has 5 heteroatoms. The Morgan fingerprint density at radius 3 is 2.75 bits per heavy atom. The third-order valence-electron chi connectivity index (χ3n) is 3.30. The molecule has 106 valence electrons. The van der Waals surface area contributed by atoms with Crippen molar-refractivity contribution in [1.82, 2.24) is 4.98 Å². The highest BCUT2D eigenvalue weighted by Gasteiger charge is 2.15. The number of rotatable bonds is 5. The molecule has 0 N–H and O–H groups in total. The van der Waals surface area contributed by atoms with Gasteiger partial charge >= 0.3 is 0 Å². The molecule has 20 heavy (non-hydrogen) atoms. The van der Waals surface area contributed by atoms with E-state index in [1.807, 2.05) is 25.1 Å². The first-order valence-electron chi connectivity index (χ1n) is 6.39. The van der Waals surface area contributed by atoms with E-state index in [9.17, 15) is 5.21 Å². The van der Waals surface area contributed by atoms with Crippen molar-refractivity contribution in [1.29, 1.82) is 0 Å². The Labute approximate surface area is 118 Å². The van der Waals surface area contributed by atoms with Gasteiger partial charge in [-0.25, -0.2) is 0 Å². The minimum absolute atomic E-state index is 0.240. The number of pyridine rings is 2. The van der Waals surface area contributed by atoms with Gasteiger partial charge in [-0.1, -0.05) is 6.07 Å². The average molecular weight is 274 g/mol. The minimum atomic E-state index is -0.240. The van der Waals surface area contributed by atoms with Crippen LogP contribution in [0.3, 0.4) is 0 Å². The van der Waals surface area contributed by atoms with Crippen LogP contribution in [0.25, 0.3) is 0 Å². The summed E-state index contributed by atoms with van der Waals surface area (Å²) < 4.78 is 12.0. The van der Waals surface area contributed by atoms with Crippen molar-refractivity contribution in [2.45, 2.75) is 20.0 Å². The SMILES string of the molecule is COC(COc1cc[n+]([O-])c(C)c1C)c1ccccn1. The number of hydrogen-bond acceptors (Lipinski definition) is 4. The molecule has 0 aliphatic rings. The van der Waals surface area contributed by atoms with Crippen LogP contribution < -0.4 is 9.47 Å². The van der Waals surface area contributed by atoms with E-state index in [0.29, 0.717) is 18.1 Å². The van der Waals surface area contributed by atoms with E-state index >= 15 is 0 Å². The van der Waals surface area contributed by atoms with Crippen molar-refractivity contribution in [2.75, 3.05) is 13.7 Å². The van der Waals surface area contributed by atoms with E-state index in [4.69, 9.17) is 9.47 Å². The standard InChI is InChI=1S/C15H18N2O3/c1-11-12(2)17(18)9-7-14(11)20-10-15(19-3)13-6-4-5-8-16-13/h4-9,15H,10H2,1-3H3. The molecule has 1 unspecified atom stereocenters. The van der Waals surface area contributed by atoms with E-state index in [-0.39, 0.29) is 6.10 Å². The lowest BCUT2D eigenvalue weighted by Gasteiger charge is -2.17. The maximum Gasteiger partial charge on any atom is 0.196 e. The summed E-state index contributed by atoms with van der Waals surface area (Å²) in [5.74, 6) is 0.688. The average Bonchev–Trinajstić information content (AvgIpc) is 2.48. The molecule has 5 nitrogen and oxygen atoms in total. The van der Waals surface area contributed by atoms with Crippen molar-refractivity contribution >= 4 is 0 Å². The summed E-state index contributed by atoms with van der Waals surface area (Å²) in [5.41, 5.74) is 2.28. The molecule has 0 aliphatic carbocycles. The Hall–Kier alpha value is -2.14. The predicted molar refractivity (Wildman–Crippen MR) is 74.4 cm³/mol. The fourth-order valence-corrected chi connectivity index (χ4v) is 1.88. The zero-order valence-corrected chi connectivity index (χ0v) is 11.9. The molecule has 2 aromatic rings. The Bertz CT molecular complexity index is 573. The van der Waals surface area contributed by atoms with Gasteiger partial charge in [0.05, 0.1) is 11.3 Å². The van der Waals surface area contributed by atoms with Gasteiger partial charge in [0.25, 0.3) is 0 Å². The largest absolute Gasteiger partial charge is 0.618 e. The van der Waals surface area contributed by atoms with Gasteiger partial charge in [-0.3, -0.25) is 4.98 Å². The Kier molecular flexibility index (Phi) is 4.53. The zero-order valence-electron chi connectivity index (χ0n) is 11.9. The lowest BCUT2D eigenvalue weighted by molar-refractivity contribution is -0.612. The van der Waals surface area contributed by atoms with Crippen molar-refractivity contribution in [3.8, 4) is 5.75 Å². The van der Waals surface area contributed by atoms with Crippen LogP contribution in [-0.2, 0) is 4.74 Å². The molecular weight excluding hydrogens is 256 g/mol. The number of hydrogen-bond donors (Lipinski definition) is 0. The van der Waals surface area contributed by atoms with Crippen LogP contribution in [-0.4, -0.2) is 18.7 Å². The highest BCUT2D eigenvalue weighted by Crippen LogP contribution is 2.21. The van der Waals surface area contributed by atoms with Gasteiger partial charge in [0.2, 0.25) is 0 Å². The number of nitrogens with zero attached hydrogens (tertiary/aromatic N) is 2. The molecule has 0 aromatic carbocycles. The molecule has 0 radical (unpaired) electrons. The van der Waals surface area contributed by atoms with Gasteiger partial charge in [-0.15, -0.1) is 0 Å². The molecule has 2 aromatic heterocycles. The first-order valence-corrected chi connectivity index (χ1v) is 6.39. The molecule has 0 saturated carbocycles. The monoisotopic (exact) mass is 274 g/mol. The molecule has 0 aliphatic heterocycles. The summed E-state index contributed by atoms with van der Waals surface area (Å²) >= 11 is 0. The second kappa shape index (κ2) is 6.34. The maximum atomic E-state index is 11.4. The van der Waals surface area contributed by atoms with Gasteiger partial charge in [0, 0.05) is 26.3 Å². The lowest BCUT2D eigenvalue weighted by Crippen LogP contribution is -2.30. The first-order chi connectivity index (χ1) is 9.63.